The van der Waals surface area contributed by atoms with E-state index in [0.29, 0.717) is 0 Å². The third-order valence-electron chi connectivity index (χ3n) is 3.39. The zero-order chi connectivity index (χ0) is 18.9. The number of hydrogen-bond donors (Lipinski definition) is 2. The van der Waals surface area contributed by atoms with Crippen LogP contribution in [0.15, 0.2) is 28.6 Å². The molecule has 0 bridgehead atoms. The summed E-state index contributed by atoms with van der Waals surface area (Å²) in [4.78, 5) is 25.7. The largest absolute Gasteiger partial charge is 0.360 e. The van der Waals surface area contributed by atoms with E-state index in [1.807, 2.05) is 31.2 Å². The summed E-state index contributed by atoms with van der Waals surface area (Å²) in [5.74, 6) is -0.138. The Morgan fingerprint density at radius 3 is 2.65 bits per heavy atom. The molecule has 140 valence electrons. The number of carbonyl (C=O) groups excluding carboxylic acids is 2. The van der Waals surface area contributed by atoms with Gasteiger partial charge in [0.05, 0.1) is 12.3 Å². The van der Waals surface area contributed by atoms with Crippen molar-refractivity contribution in [3.63, 3.8) is 0 Å². The Morgan fingerprint density at radius 1 is 1.23 bits per heavy atom. The van der Waals surface area contributed by atoms with Crippen molar-refractivity contribution in [1.82, 2.24) is 15.1 Å². The summed E-state index contributed by atoms with van der Waals surface area (Å²) in [6.45, 7) is 4.91. The maximum absolute atomic E-state index is 12.2. The highest BCUT2D eigenvalue weighted by Gasteiger charge is 2.15. The molecule has 1 aromatic heterocycles. The van der Waals surface area contributed by atoms with Gasteiger partial charge in [-0.1, -0.05) is 47.7 Å². The van der Waals surface area contributed by atoms with Crippen molar-refractivity contribution in [3.8, 4) is 0 Å². The average molecular weight is 394 g/mol. The van der Waals surface area contributed by atoms with Gasteiger partial charge in [0, 0.05) is 19.3 Å². The Kier molecular flexibility index (Phi) is 7.86. The maximum Gasteiger partial charge on any atom is 0.243 e. The Morgan fingerprint density at radius 2 is 1.96 bits per heavy atom. The first kappa shape index (κ1) is 20.2. The molecule has 7 nitrogen and oxygen atoms in total. The number of aromatic nitrogens is 2. The third-order valence-corrected chi connectivity index (χ3v) is 5.39. The van der Waals surface area contributed by atoms with Gasteiger partial charge in [0.2, 0.25) is 16.9 Å². The topological polar surface area (TPSA) is 87.2 Å². The zero-order valence-electron chi connectivity index (χ0n) is 15.1. The number of thioether (sulfide) groups is 1. The number of carbonyl (C=O) groups is 2. The molecule has 9 heteroatoms. The van der Waals surface area contributed by atoms with Crippen LogP contribution in [0.2, 0.25) is 0 Å². The first-order valence-corrected chi connectivity index (χ1v) is 10.1. The lowest BCUT2D eigenvalue weighted by atomic mass is 10.2. The fraction of sp³-hybridized carbons (Fsp3) is 0.412. The number of benzene rings is 1. The first-order valence-electron chi connectivity index (χ1n) is 8.28. The van der Waals surface area contributed by atoms with E-state index in [2.05, 4.69) is 27.8 Å². The molecule has 0 saturated carbocycles. The van der Waals surface area contributed by atoms with Gasteiger partial charge in [-0.15, -0.1) is 10.2 Å². The average Bonchev–Trinajstić information content (AvgIpc) is 3.07. The van der Waals surface area contributed by atoms with Crippen molar-refractivity contribution in [2.24, 2.45) is 0 Å². The molecular weight excluding hydrogens is 370 g/mol. The SMILES string of the molecule is CCCNc1nnc(SCC(=O)N(C)CC(=O)Nc2ccc(C)cc2)s1. The molecule has 2 rings (SSSR count). The smallest absolute Gasteiger partial charge is 0.243 e. The van der Waals surface area contributed by atoms with E-state index in [9.17, 15) is 9.59 Å². The van der Waals surface area contributed by atoms with Crippen LogP contribution in [0.4, 0.5) is 10.8 Å². The van der Waals surface area contributed by atoms with Gasteiger partial charge in [-0.25, -0.2) is 0 Å². The molecule has 2 N–H and O–H groups in total. The molecule has 0 radical (unpaired) electrons. The van der Waals surface area contributed by atoms with Crippen LogP contribution in [-0.4, -0.2) is 52.8 Å². The van der Waals surface area contributed by atoms with Crippen LogP contribution in [0, 0.1) is 6.92 Å². The van der Waals surface area contributed by atoms with Crippen LogP contribution in [-0.2, 0) is 9.59 Å². The Balaban J connectivity index is 1.75. The number of nitrogens with zero attached hydrogens (tertiary/aromatic N) is 3. The highest BCUT2D eigenvalue weighted by atomic mass is 32.2. The predicted molar refractivity (Wildman–Crippen MR) is 107 cm³/mol. The van der Waals surface area contributed by atoms with Gasteiger partial charge in [-0.2, -0.15) is 0 Å². The minimum atomic E-state index is -0.225. The summed E-state index contributed by atoms with van der Waals surface area (Å²) in [5, 5.41) is 14.8. The molecule has 0 saturated heterocycles. The van der Waals surface area contributed by atoms with Gasteiger partial charge in [0.15, 0.2) is 4.34 Å². The van der Waals surface area contributed by atoms with Gasteiger partial charge < -0.3 is 15.5 Å². The summed E-state index contributed by atoms with van der Waals surface area (Å²) >= 11 is 2.75. The van der Waals surface area contributed by atoms with Gasteiger partial charge in [0.1, 0.15) is 0 Å². The molecule has 2 amide bonds. The van der Waals surface area contributed by atoms with Crippen LogP contribution in [0.3, 0.4) is 0 Å². The van der Waals surface area contributed by atoms with E-state index in [4.69, 9.17) is 0 Å². The highest BCUT2D eigenvalue weighted by molar-refractivity contribution is 8.01. The molecule has 2 aromatic rings. The van der Waals surface area contributed by atoms with Gasteiger partial charge in [-0.05, 0) is 25.5 Å². The van der Waals surface area contributed by atoms with Crippen LogP contribution in [0.1, 0.15) is 18.9 Å². The van der Waals surface area contributed by atoms with E-state index in [0.717, 1.165) is 33.7 Å². The van der Waals surface area contributed by atoms with Gasteiger partial charge in [-0.3, -0.25) is 9.59 Å². The first-order chi connectivity index (χ1) is 12.5. The number of rotatable bonds is 9. The zero-order valence-corrected chi connectivity index (χ0v) is 16.7. The van der Waals surface area contributed by atoms with Crippen molar-refractivity contribution in [1.29, 1.82) is 0 Å². The fourth-order valence-electron chi connectivity index (χ4n) is 1.95. The Labute approximate surface area is 161 Å². The monoisotopic (exact) mass is 393 g/mol. The lowest BCUT2D eigenvalue weighted by Crippen LogP contribution is -2.35. The summed E-state index contributed by atoms with van der Waals surface area (Å²) in [6.07, 6.45) is 1.01. The fourth-order valence-corrected chi connectivity index (χ4v) is 3.66. The molecule has 0 aliphatic heterocycles. The van der Waals surface area contributed by atoms with Gasteiger partial charge in [0.25, 0.3) is 0 Å². The summed E-state index contributed by atoms with van der Waals surface area (Å²) in [7, 11) is 1.62. The minimum absolute atomic E-state index is 0.00664. The number of anilines is 2. The van der Waals surface area contributed by atoms with Crippen LogP contribution in [0.25, 0.3) is 0 Å². The molecule has 26 heavy (non-hydrogen) atoms. The molecule has 0 atom stereocenters. The van der Waals surface area contributed by atoms with Crippen LogP contribution < -0.4 is 10.6 Å². The lowest BCUT2D eigenvalue weighted by Gasteiger charge is -2.16. The highest BCUT2D eigenvalue weighted by Crippen LogP contribution is 2.25. The third kappa shape index (κ3) is 6.64. The van der Waals surface area contributed by atoms with E-state index >= 15 is 0 Å². The Hall–Kier alpha value is -2.13. The quantitative estimate of drug-likeness (QED) is 0.637. The number of likely N-dealkylation sites (N-methyl/N-ethyl adjacent to an activating group) is 1. The second kappa shape index (κ2) is 10.1. The predicted octanol–water partition coefficient (Wildman–Crippen LogP) is 2.86. The van der Waals surface area contributed by atoms with Crippen molar-refractivity contribution in [2.45, 2.75) is 24.6 Å². The number of aryl methyl sites for hydroxylation is 1. The van der Waals surface area contributed by atoms with E-state index in [-0.39, 0.29) is 24.1 Å². The molecule has 1 heterocycles. The molecule has 0 spiro atoms. The van der Waals surface area contributed by atoms with E-state index < -0.39 is 0 Å². The standard InChI is InChI=1S/C17H23N5O2S2/c1-4-9-18-16-20-21-17(26-16)25-11-15(24)22(3)10-14(23)19-13-7-5-12(2)6-8-13/h5-8H,4,9-11H2,1-3H3,(H,18,20)(H,19,23). The van der Waals surface area contributed by atoms with Crippen LogP contribution in [0.5, 0.6) is 0 Å². The molecule has 0 fully saturated rings. The molecule has 0 unspecified atom stereocenters. The van der Waals surface area contributed by atoms with Crippen molar-refractivity contribution >= 4 is 45.7 Å². The number of hydrogen-bond acceptors (Lipinski definition) is 7. The van der Waals surface area contributed by atoms with E-state index in [1.165, 1.54) is 28.0 Å². The van der Waals surface area contributed by atoms with E-state index in [1.54, 1.807) is 7.05 Å². The lowest BCUT2D eigenvalue weighted by molar-refractivity contribution is -0.131. The molecular formula is C17H23N5O2S2. The minimum Gasteiger partial charge on any atom is -0.360 e. The molecule has 0 aliphatic carbocycles. The van der Waals surface area contributed by atoms with Crippen molar-refractivity contribution in [3.05, 3.63) is 29.8 Å². The molecule has 0 aliphatic rings. The number of nitrogens with one attached hydrogen (secondary N) is 2. The normalized spacial score (nSPS) is 10.4. The maximum atomic E-state index is 12.2. The summed E-state index contributed by atoms with van der Waals surface area (Å²) in [6, 6.07) is 7.52. The summed E-state index contributed by atoms with van der Waals surface area (Å²) in [5.41, 5.74) is 1.84. The van der Waals surface area contributed by atoms with Crippen LogP contribution >= 0.6 is 23.1 Å². The summed E-state index contributed by atoms with van der Waals surface area (Å²) < 4.78 is 0.731. The molecule has 1 aromatic carbocycles. The second-order valence-electron chi connectivity index (χ2n) is 5.75. The number of amides is 2. The van der Waals surface area contributed by atoms with Crippen molar-refractivity contribution in [2.75, 3.05) is 36.5 Å². The van der Waals surface area contributed by atoms with Gasteiger partial charge >= 0.3 is 0 Å². The second-order valence-corrected chi connectivity index (χ2v) is 7.95. The van der Waals surface area contributed by atoms with Crippen molar-refractivity contribution < 1.29 is 9.59 Å². The Bertz CT molecular complexity index is 733.